The monoisotopic (exact) mass is 325 g/mol. The van der Waals surface area contributed by atoms with E-state index in [9.17, 15) is 0 Å². The molecule has 1 radical (unpaired) electrons. The van der Waals surface area contributed by atoms with Gasteiger partial charge in [-0.15, -0.1) is 15.9 Å². The topological polar surface area (TPSA) is 44.8 Å². The van der Waals surface area contributed by atoms with Crippen LogP contribution in [0.5, 0.6) is 0 Å². The van der Waals surface area contributed by atoms with Crippen molar-refractivity contribution in [2.45, 2.75) is 0 Å². The number of aromatic nitrogens is 3. The van der Waals surface area contributed by atoms with Crippen LogP contribution >= 0.6 is 0 Å². The second-order valence-electron chi connectivity index (χ2n) is 3.35. The van der Waals surface area contributed by atoms with Gasteiger partial charge in [0.05, 0.1) is 0 Å². The van der Waals surface area contributed by atoms with Gasteiger partial charge in [0.15, 0.2) is 0 Å². The molecule has 3 aromatic rings. The molecule has 1 aromatic heterocycles. The van der Waals surface area contributed by atoms with Crippen LogP contribution in [-0.4, -0.2) is 14.9 Å². The molecule has 0 amide bonds. The molecule has 0 atom stereocenters. The fourth-order valence-electron chi connectivity index (χ4n) is 1.22. The first-order valence-electron chi connectivity index (χ1n) is 5.48. The van der Waals surface area contributed by atoms with E-state index in [0.717, 1.165) is 5.69 Å². The van der Waals surface area contributed by atoms with Gasteiger partial charge in [0.2, 0.25) is 0 Å². The van der Waals surface area contributed by atoms with Crippen molar-refractivity contribution in [3.8, 4) is 0 Å². The van der Waals surface area contributed by atoms with Crippen LogP contribution in [0.15, 0.2) is 73.3 Å². The molecule has 0 aliphatic heterocycles. The van der Waals surface area contributed by atoms with Crippen LogP contribution in [0.4, 0.5) is 5.69 Å². The zero-order chi connectivity index (χ0) is 12.5. The molecule has 3 rings (SSSR count). The molecular formula is C14H12N4Y-2. The van der Waals surface area contributed by atoms with Gasteiger partial charge in [-0.05, 0) is 0 Å². The molecule has 0 aliphatic carbocycles. The molecule has 19 heavy (non-hydrogen) atoms. The fraction of sp³-hybridized carbons (Fsp3) is 0. The number of hydrogen-bond donors (Lipinski definition) is 0. The van der Waals surface area contributed by atoms with Gasteiger partial charge >= 0.3 is 0 Å². The molecule has 0 unspecified atom stereocenters. The molecule has 4 nitrogen and oxygen atoms in total. The van der Waals surface area contributed by atoms with E-state index >= 15 is 0 Å². The van der Waals surface area contributed by atoms with Gasteiger partial charge in [-0.25, -0.2) is 0 Å². The summed E-state index contributed by atoms with van der Waals surface area (Å²) in [6.07, 6.45) is 3.10. The molecule has 0 bridgehead atoms. The van der Waals surface area contributed by atoms with Gasteiger partial charge in [0.1, 0.15) is 12.7 Å². The summed E-state index contributed by atoms with van der Waals surface area (Å²) in [6.45, 7) is 0. The molecule has 93 valence electrons. The normalized spacial score (nSPS) is 8.63. The average Bonchev–Trinajstić information content (AvgIpc) is 2.96. The summed E-state index contributed by atoms with van der Waals surface area (Å²) in [7, 11) is 0. The Morgan fingerprint density at radius 2 is 1.42 bits per heavy atom. The first-order chi connectivity index (χ1) is 8.95. The molecule has 2 aromatic carbocycles. The van der Waals surface area contributed by atoms with Crippen molar-refractivity contribution in [3.05, 3.63) is 84.8 Å². The third kappa shape index (κ3) is 6.27. The summed E-state index contributed by atoms with van der Waals surface area (Å²) in [5.41, 5.74) is 5.08. The zero-order valence-corrected chi connectivity index (χ0v) is 13.1. The number of nitrogens with zero attached hydrogens (tertiary/aromatic N) is 4. The molecule has 0 spiro atoms. The molecule has 0 saturated heterocycles. The summed E-state index contributed by atoms with van der Waals surface area (Å²) in [5, 5.41) is 7.28. The predicted molar refractivity (Wildman–Crippen MR) is 70.2 cm³/mol. The minimum Gasteiger partial charge on any atom is -0.588 e. The SMILES string of the molecule is [Y].[c-]1ccccc1.c1ccc([N-]n2cnnc2)cc1. The summed E-state index contributed by atoms with van der Waals surface area (Å²) in [4.78, 5) is 0. The Morgan fingerprint density at radius 3 is 1.89 bits per heavy atom. The maximum absolute atomic E-state index is 4.19. The summed E-state index contributed by atoms with van der Waals surface area (Å²) >= 11 is 0. The second-order valence-corrected chi connectivity index (χ2v) is 3.35. The Balaban J connectivity index is 0.000000220. The fourth-order valence-corrected chi connectivity index (χ4v) is 1.22. The average molecular weight is 325 g/mol. The third-order valence-electron chi connectivity index (χ3n) is 2.00. The van der Waals surface area contributed by atoms with Crippen LogP contribution in [0.25, 0.3) is 5.43 Å². The number of hydrogen-bond acceptors (Lipinski definition) is 2. The van der Waals surface area contributed by atoms with Crippen molar-refractivity contribution < 1.29 is 32.7 Å². The van der Waals surface area contributed by atoms with E-state index in [-0.39, 0.29) is 32.7 Å². The molecular weight excluding hydrogens is 313 g/mol. The van der Waals surface area contributed by atoms with Crippen molar-refractivity contribution in [1.29, 1.82) is 0 Å². The van der Waals surface area contributed by atoms with E-state index in [0.29, 0.717) is 0 Å². The smallest absolute Gasteiger partial charge is 0.105 e. The van der Waals surface area contributed by atoms with Crippen molar-refractivity contribution in [3.63, 3.8) is 0 Å². The standard InChI is InChI=1S/C8H7N4.C6H5.Y/c1-2-4-8(5-3-1)11-12-6-9-10-7-12;1-2-4-6-5-3-1;/h1-7H;1-5H;/q2*-1;. The van der Waals surface area contributed by atoms with E-state index in [1.165, 1.54) is 0 Å². The Labute approximate surface area is 137 Å². The first kappa shape index (κ1) is 15.5. The van der Waals surface area contributed by atoms with Crippen LogP contribution in [0.2, 0.25) is 0 Å². The number of rotatable bonds is 2. The van der Waals surface area contributed by atoms with E-state index in [1.54, 1.807) is 17.3 Å². The Bertz CT molecular complexity index is 499. The maximum atomic E-state index is 4.19. The summed E-state index contributed by atoms with van der Waals surface area (Å²) in [6, 6.07) is 22.2. The van der Waals surface area contributed by atoms with Crippen molar-refractivity contribution in [1.82, 2.24) is 14.9 Å². The van der Waals surface area contributed by atoms with E-state index in [1.807, 2.05) is 60.7 Å². The minimum absolute atomic E-state index is 0. The molecule has 0 fully saturated rings. The van der Waals surface area contributed by atoms with Crippen molar-refractivity contribution in [2.75, 3.05) is 0 Å². The van der Waals surface area contributed by atoms with Gasteiger partial charge in [0.25, 0.3) is 0 Å². The van der Waals surface area contributed by atoms with Crippen molar-refractivity contribution >= 4 is 5.69 Å². The summed E-state index contributed by atoms with van der Waals surface area (Å²) < 4.78 is 1.56. The Kier molecular flexibility index (Phi) is 7.70. The van der Waals surface area contributed by atoms with Gasteiger partial charge < -0.3 is 10.1 Å². The van der Waals surface area contributed by atoms with Gasteiger partial charge in [0, 0.05) is 32.7 Å². The third-order valence-corrected chi connectivity index (χ3v) is 2.00. The van der Waals surface area contributed by atoms with Crippen LogP contribution in [0.3, 0.4) is 0 Å². The molecule has 1 heterocycles. The molecule has 0 saturated carbocycles. The molecule has 5 heteroatoms. The molecule has 0 N–H and O–H groups in total. The van der Waals surface area contributed by atoms with E-state index < -0.39 is 0 Å². The van der Waals surface area contributed by atoms with Crippen LogP contribution in [0.1, 0.15) is 0 Å². The minimum atomic E-state index is 0. The summed E-state index contributed by atoms with van der Waals surface area (Å²) in [5.74, 6) is 0. The van der Waals surface area contributed by atoms with Crippen LogP contribution in [-0.2, 0) is 32.7 Å². The molecule has 0 aliphatic rings. The van der Waals surface area contributed by atoms with E-state index in [2.05, 4.69) is 21.7 Å². The predicted octanol–water partition coefficient (Wildman–Crippen LogP) is 3.23. The Hall–Kier alpha value is -1.52. The van der Waals surface area contributed by atoms with Gasteiger partial charge in [-0.3, -0.25) is 0 Å². The number of benzene rings is 2. The first-order valence-corrected chi connectivity index (χ1v) is 5.48. The van der Waals surface area contributed by atoms with Crippen molar-refractivity contribution in [2.24, 2.45) is 0 Å². The largest absolute Gasteiger partial charge is 0.588 e. The second kappa shape index (κ2) is 9.42. The van der Waals surface area contributed by atoms with Gasteiger partial charge in [-0.2, -0.15) is 36.4 Å². The van der Waals surface area contributed by atoms with E-state index in [4.69, 9.17) is 0 Å². The van der Waals surface area contributed by atoms with Crippen LogP contribution in [0, 0.1) is 6.07 Å². The maximum Gasteiger partial charge on any atom is 0.105 e. The van der Waals surface area contributed by atoms with Crippen LogP contribution < -0.4 is 0 Å². The van der Waals surface area contributed by atoms with Gasteiger partial charge in [-0.1, -0.05) is 30.3 Å². The zero-order valence-electron chi connectivity index (χ0n) is 10.3. The Morgan fingerprint density at radius 1 is 0.842 bits per heavy atom. The quantitative estimate of drug-likeness (QED) is 0.679.